The maximum absolute atomic E-state index is 10.3. The van der Waals surface area contributed by atoms with E-state index in [2.05, 4.69) is 78.7 Å². The lowest BCUT2D eigenvalue weighted by molar-refractivity contribution is 0.0320. The molecule has 0 amide bonds. The van der Waals surface area contributed by atoms with E-state index in [0.29, 0.717) is 0 Å². The number of aliphatic hydroxyl groups excluding tert-OH is 1. The van der Waals surface area contributed by atoms with E-state index >= 15 is 0 Å². The van der Waals surface area contributed by atoms with Gasteiger partial charge in [0.05, 0.1) is 0 Å². The van der Waals surface area contributed by atoms with Crippen molar-refractivity contribution in [3.05, 3.63) is 60.2 Å². The van der Waals surface area contributed by atoms with Crippen LogP contribution in [0.4, 0.5) is 0 Å². The fourth-order valence-corrected chi connectivity index (χ4v) is 4.44. The summed E-state index contributed by atoms with van der Waals surface area (Å²) < 4.78 is 0. The first kappa shape index (κ1) is 20.1. The normalized spacial score (nSPS) is 17.0. The van der Waals surface area contributed by atoms with E-state index in [1.165, 1.54) is 27.1 Å². The smallest absolute Gasteiger partial charge is 0.0500 e. The zero-order valence-corrected chi connectivity index (χ0v) is 16.9. The number of hydrogen-bond acceptors (Lipinski definition) is 3. The molecule has 0 radical (unpaired) electrons. The molecule has 2 N–H and O–H groups in total. The molecule has 1 aliphatic rings. The van der Waals surface area contributed by atoms with Gasteiger partial charge in [-0.15, -0.1) is 12.4 Å². The minimum atomic E-state index is -0.232. The van der Waals surface area contributed by atoms with E-state index in [0.717, 1.165) is 26.2 Å². The molecule has 0 saturated carbocycles. The van der Waals surface area contributed by atoms with Crippen molar-refractivity contribution in [1.82, 2.24) is 10.2 Å². The number of piperazine rings is 1. The summed E-state index contributed by atoms with van der Waals surface area (Å²) in [6.07, 6.45) is 0. The van der Waals surface area contributed by atoms with Crippen molar-refractivity contribution in [2.24, 2.45) is 5.41 Å². The molecule has 1 heterocycles. The fraction of sp³-hybridized carbons (Fsp3) is 0.391. The van der Waals surface area contributed by atoms with Gasteiger partial charge in [0.2, 0.25) is 0 Å². The highest BCUT2D eigenvalue weighted by molar-refractivity contribution is 6.02. The first-order chi connectivity index (χ1) is 12.6. The highest BCUT2D eigenvalue weighted by Gasteiger charge is 2.37. The van der Waals surface area contributed by atoms with E-state index < -0.39 is 0 Å². The summed E-state index contributed by atoms with van der Waals surface area (Å²) in [4.78, 5) is 2.56. The van der Waals surface area contributed by atoms with Gasteiger partial charge in [-0.3, -0.25) is 4.90 Å². The first-order valence-electron chi connectivity index (χ1n) is 9.58. The Bertz CT molecular complexity index is 865. The summed E-state index contributed by atoms with van der Waals surface area (Å²) in [5, 5.41) is 18.9. The predicted octanol–water partition coefficient (Wildman–Crippen LogP) is 4.38. The molecule has 0 aliphatic carbocycles. The lowest BCUT2D eigenvalue weighted by Crippen LogP contribution is -2.49. The van der Waals surface area contributed by atoms with Gasteiger partial charge in [-0.05, 0) is 33.2 Å². The molecule has 27 heavy (non-hydrogen) atoms. The quantitative estimate of drug-likeness (QED) is 0.655. The SMILES string of the molecule is CC(C)(CO)[C@H](c1c2ccccc2cc2ccccc12)N1CCNCC1.Cl. The molecule has 3 nitrogen and oxygen atoms in total. The fourth-order valence-electron chi connectivity index (χ4n) is 4.44. The summed E-state index contributed by atoms with van der Waals surface area (Å²) in [6, 6.07) is 19.8. The van der Waals surface area contributed by atoms with E-state index in [1.807, 2.05) is 0 Å². The zero-order valence-electron chi connectivity index (χ0n) is 16.1. The van der Waals surface area contributed by atoms with E-state index in [9.17, 15) is 5.11 Å². The second kappa shape index (κ2) is 8.15. The molecule has 0 unspecified atom stereocenters. The Morgan fingerprint density at radius 1 is 0.963 bits per heavy atom. The number of fused-ring (bicyclic) bond motifs is 2. The predicted molar refractivity (Wildman–Crippen MR) is 117 cm³/mol. The van der Waals surface area contributed by atoms with Crippen LogP contribution < -0.4 is 5.32 Å². The number of rotatable bonds is 4. The summed E-state index contributed by atoms with van der Waals surface area (Å²) in [5.74, 6) is 0. The van der Waals surface area contributed by atoms with Crippen LogP contribution in [0.2, 0.25) is 0 Å². The summed E-state index contributed by atoms with van der Waals surface area (Å²) in [6.45, 7) is 8.56. The molecule has 1 fully saturated rings. The van der Waals surface area contributed by atoms with Crippen molar-refractivity contribution < 1.29 is 5.11 Å². The van der Waals surface area contributed by atoms with Crippen LogP contribution in [0.5, 0.6) is 0 Å². The third kappa shape index (κ3) is 3.70. The highest BCUT2D eigenvalue weighted by Crippen LogP contribution is 2.44. The Morgan fingerprint density at radius 3 is 2.00 bits per heavy atom. The molecule has 1 aliphatic heterocycles. The van der Waals surface area contributed by atoms with Gasteiger partial charge in [0.15, 0.2) is 0 Å². The molecule has 0 spiro atoms. The Labute approximate surface area is 167 Å². The van der Waals surface area contributed by atoms with Crippen molar-refractivity contribution in [2.75, 3.05) is 32.8 Å². The van der Waals surface area contributed by atoms with Crippen molar-refractivity contribution in [1.29, 1.82) is 0 Å². The number of benzene rings is 3. The van der Waals surface area contributed by atoms with Crippen LogP contribution in [0.1, 0.15) is 25.5 Å². The summed E-state index contributed by atoms with van der Waals surface area (Å²) in [7, 11) is 0. The summed E-state index contributed by atoms with van der Waals surface area (Å²) >= 11 is 0. The van der Waals surface area contributed by atoms with Crippen LogP contribution in [-0.2, 0) is 0 Å². The van der Waals surface area contributed by atoms with Gasteiger partial charge in [0.1, 0.15) is 0 Å². The minimum absolute atomic E-state index is 0. The average Bonchev–Trinajstić information content (AvgIpc) is 2.68. The van der Waals surface area contributed by atoms with Gasteiger partial charge in [-0.25, -0.2) is 0 Å². The van der Waals surface area contributed by atoms with Crippen molar-refractivity contribution in [2.45, 2.75) is 19.9 Å². The number of aliphatic hydroxyl groups is 1. The number of nitrogens with zero attached hydrogens (tertiary/aromatic N) is 1. The molecular formula is C23H29ClN2O. The van der Waals surface area contributed by atoms with E-state index in [1.54, 1.807) is 0 Å². The molecule has 4 heteroatoms. The lowest BCUT2D eigenvalue weighted by Gasteiger charge is -2.44. The molecule has 0 aromatic heterocycles. The molecule has 0 bridgehead atoms. The monoisotopic (exact) mass is 384 g/mol. The Balaban J connectivity index is 0.00000210. The van der Waals surface area contributed by atoms with Crippen LogP contribution in [0.3, 0.4) is 0 Å². The van der Waals surface area contributed by atoms with Crippen molar-refractivity contribution >= 4 is 34.0 Å². The van der Waals surface area contributed by atoms with Crippen molar-refractivity contribution in [3.63, 3.8) is 0 Å². The molecule has 3 aromatic carbocycles. The molecule has 144 valence electrons. The van der Waals surface area contributed by atoms with Crippen LogP contribution >= 0.6 is 12.4 Å². The van der Waals surface area contributed by atoms with Crippen molar-refractivity contribution in [3.8, 4) is 0 Å². The van der Waals surface area contributed by atoms with Gasteiger partial charge >= 0.3 is 0 Å². The lowest BCUT2D eigenvalue weighted by atomic mass is 9.76. The Hall–Kier alpha value is -1.65. The number of hydrogen-bond donors (Lipinski definition) is 2. The molecule has 4 rings (SSSR count). The van der Waals surface area contributed by atoms with Gasteiger partial charge in [0, 0.05) is 44.2 Å². The Kier molecular flexibility index (Phi) is 6.07. The van der Waals surface area contributed by atoms with E-state index in [-0.39, 0.29) is 30.5 Å². The third-order valence-corrected chi connectivity index (χ3v) is 5.75. The minimum Gasteiger partial charge on any atom is -0.396 e. The number of halogens is 1. The van der Waals surface area contributed by atoms with Crippen LogP contribution in [-0.4, -0.2) is 42.8 Å². The zero-order chi connectivity index (χ0) is 18.1. The van der Waals surface area contributed by atoms with Gasteiger partial charge in [0.25, 0.3) is 0 Å². The largest absolute Gasteiger partial charge is 0.396 e. The van der Waals surface area contributed by atoms with Gasteiger partial charge in [-0.2, -0.15) is 0 Å². The molecular weight excluding hydrogens is 356 g/mol. The van der Waals surface area contributed by atoms with Crippen LogP contribution in [0.25, 0.3) is 21.5 Å². The third-order valence-electron chi connectivity index (χ3n) is 5.75. The van der Waals surface area contributed by atoms with E-state index in [4.69, 9.17) is 0 Å². The molecule has 1 atom stereocenters. The second-order valence-corrected chi connectivity index (χ2v) is 8.07. The first-order valence-corrected chi connectivity index (χ1v) is 9.58. The Morgan fingerprint density at radius 2 is 1.48 bits per heavy atom. The second-order valence-electron chi connectivity index (χ2n) is 8.07. The number of nitrogens with one attached hydrogen (secondary N) is 1. The van der Waals surface area contributed by atoms with Gasteiger partial charge < -0.3 is 10.4 Å². The van der Waals surface area contributed by atoms with Crippen LogP contribution in [0, 0.1) is 5.41 Å². The van der Waals surface area contributed by atoms with Crippen LogP contribution in [0.15, 0.2) is 54.6 Å². The standard InChI is InChI=1S/C23H28N2O.ClH/c1-23(2,16-26)22(25-13-11-24-12-14-25)21-19-9-5-3-7-17(19)15-18-8-4-6-10-20(18)21;/h3-10,15,22,24,26H,11-14,16H2,1-2H3;1H/t22-;/m0./s1. The van der Waals surface area contributed by atoms with Gasteiger partial charge in [-0.1, -0.05) is 62.4 Å². The maximum Gasteiger partial charge on any atom is 0.0500 e. The topological polar surface area (TPSA) is 35.5 Å². The highest BCUT2D eigenvalue weighted by atomic mass is 35.5. The maximum atomic E-state index is 10.3. The molecule has 3 aromatic rings. The summed E-state index contributed by atoms with van der Waals surface area (Å²) in [5.41, 5.74) is 1.13. The average molecular weight is 385 g/mol. The molecule has 1 saturated heterocycles.